The van der Waals surface area contributed by atoms with Gasteiger partial charge in [0, 0.05) is 38.3 Å². The number of rotatable bonds is 8. The number of pyridine rings is 1. The summed E-state index contributed by atoms with van der Waals surface area (Å²) in [7, 11) is 5.57. The van der Waals surface area contributed by atoms with E-state index in [2.05, 4.69) is 20.7 Å². The van der Waals surface area contributed by atoms with Crippen molar-refractivity contribution in [1.82, 2.24) is 14.8 Å². The lowest BCUT2D eigenvalue weighted by atomic mass is 10.0. The summed E-state index contributed by atoms with van der Waals surface area (Å²) in [6, 6.07) is 8.22. The molecule has 0 aliphatic rings. The number of carbonyl (C=O) groups excluding carboxylic acids is 1. The molecule has 9 nitrogen and oxygen atoms in total. The van der Waals surface area contributed by atoms with E-state index in [-0.39, 0.29) is 17.2 Å². The number of hydrogen-bond acceptors (Lipinski definition) is 7. The average Bonchev–Trinajstić information content (AvgIpc) is 3.16. The fraction of sp³-hybridized carbons (Fsp3) is 0.240. The van der Waals surface area contributed by atoms with Crippen LogP contribution in [0.2, 0.25) is 0 Å². The first-order valence-corrected chi connectivity index (χ1v) is 11.3. The quantitative estimate of drug-likeness (QED) is 0.283. The molecule has 0 unspecified atom stereocenters. The first-order valence-electron chi connectivity index (χ1n) is 11.3. The van der Waals surface area contributed by atoms with Crippen molar-refractivity contribution in [2.45, 2.75) is 19.0 Å². The van der Waals surface area contributed by atoms with Crippen LogP contribution in [0.4, 0.5) is 36.3 Å². The smallest absolute Gasteiger partial charge is 0.252 e. The third-order valence-electron chi connectivity index (χ3n) is 5.88. The van der Waals surface area contributed by atoms with Gasteiger partial charge in [-0.05, 0) is 48.9 Å². The molecule has 2 aromatic heterocycles. The minimum atomic E-state index is -1.06. The van der Waals surface area contributed by atoms with E-state index in [0.717, 1.165) is 34.9 Å². The Morgan fingerprint density at radius 1 is 1.03 bits per heavy atom. The summed E-state index contributed by atoms with van der Waals surface area (Å²) >= 11 is 0. The molecule has 0 bridgehead atoms. The number of benzene rings is 2. The lowest BCUT2D eigenvalue weighted by molar-refractivity contribution is 0.100. The summed E-state index contributed by atoms with van der Waals surface area (Å²) in [5, 5.41) is 11.2. The standard InChI is InChI=1S/C25H27F3N8O/c1-12(29)21(13-5-7-17(26)18(27)9-13)32-24-19(28)11-16(22(30)37)23(33-24)31-14-6-8-20-15(10-14)25(35(2)3)34-36(20)4/h5-12,21H,29H2,1-4H3,(H2,30,37)(H2,31,32,33)/t12-,21-/m0/s1. The van der Waals surface area contributed by atoms with Gasteiger partial charge in [0.25, 0.3) is 5.91 Å². The van der Waals surface area contributed by atoms with Gasteiger partial charge in [-0.25, -0.2) is 18.2 Å². The molecule has 4 aromatic rings. The number of hydrogen-bond donors (Lipinski definition) is 4. The molecule has 2 aromatic carbocycles. The van der Waals surface area contributed by atoms with Gasteiger partial charge in [0.05, 0.1) is 17.1 Å². The van der Waals surface area contributed by atoms with Gasteiger partial charge in [0.15, 0.2) is 29.1 Å². The number of primary amides is 1. The average molecular weight is 513 g/mol. The molecule has 2 heterocycles. The first-order chi connectivity index (χ1) is 17.5. The Labute approximate surface area is 211 Å². The van der Waals surface area contributed by atoms with Crippen molar-refractivity contribution in [2.24, 2.45) is 18.5 Å². The zero-order valence-electron chi connectivity index (χ0n) is 20.7. The van der Waals surface area contributed by atoms with E-state index in [1.807, 2.05) is 38.2 Å². The second kappa shape index (κ2) is 9.97. The Morgan fingerprint density at radius 2 is 1.76 bits per heavy atom. The lowest BCUT2D eigenvalue weighted by Crippen LogP contribution is -2.31. The largest absolute Gasteiger partial charge is 0.365 e. The predicted octanol–water partition coefficient (Wildman–Crippen LogP) is 3.79. The predicted molar refractivity (Wildman–Crippen MR) is 137 cm³/mol. The Balaban J connectivity index is 1.74. The van der Waals surface area contributed by atoms with E-state index >= 15 is 4.39 Å². The van der Waals surface area contributed by atoms with Gasteiger partial charge in [0.2, 0.25) is 0 Å². The molecule has 12 heteroatoms. The maximum atomic E-state index is 15.0. The Kier molecular flexibility index (Phi) is 6.94. The molecule has 2 atom stereocenters. The molecule has 0 spiro atoms. The number of amides is 1. The van der Waals surface area contributed by atoms with Crippen LogP contribution < -0.4 is 27.0 Å². The highest BCUT2D eigenvalue weighted by atomic mass is 19.2. The number of halogens is 3. The molecule has 0 fully saturated rings. The number of nitrogens with two attached hydrogens (primary N) is 2. The molecule has 0 saturated heterocycles. The SMILES string of the molecule is C[C@H](N)[C@H](Nc1nc(Nc2ccc3c(c2)c(N(C)C)nn3C)c(C(N)=O)cc1F)c1ccc(F)c(F)c1. The molecule has 4 rings (SSSR count). The number of nitrogens with zero attached hydrogens (tertiary/aromatic N) is 4. The molecular formula is C25H27F3N8O. The summed E-state index contributed by atoms with van der Waals surface area (Å²) in [6.07, 6.45) is 0. The van der Waals surface area contributed by atoms with E-state index in [0.29, 0.717) is 11.3 Å². The van der Waals surface area contributed by atoms with Gasteiger partial charge in [0.1, 0.15) is 5.82 Å². The number of nitrogens with one attached hydrogen (secondary N) is 2. The van der Waals surface area contributed by atoms with Crippen LogP contribution in [-0.4, -0.2) is 40.8 Å². The molecular weight excluding hydrogens is 485 g/mol. The number of aromatic nitrogens is 3. The van der Waals surface area contributed by atoms with Crippen molar-refractivity contribution < 1.29 is 18.0 Å². The summed E-state index contributed by atoms with van der Waals surface area (Å²) in [5.41, 5.74) is 13.1. The fourth-order valence-corrected chi connectivity index (χ4v) is 4.04. The van der Waals surface area contributed by atoms with Crippen molar-refractivity contribution in [3.05, 3.63) is 71.0 Å². The summed E-state index contributed by atoms with van der Waals surface area (Å²) in [4.78, 5) is 18.2. The zero-order valence-corrected chi connectivity index (χ0v) is 20.7. The van der Waals surface area contributed by atoms with Crippen LogP contribution in [0.1, 0.15) is 28.9 Å². The Hall–Kier alpha value is -4.32. The molecule has 0 saturated carbocycles. The zero-order chi connectivity index (χ0) is 27.0. The van der Waals surface area contributed by atoms with Crippen LogP contribution in [0.15, 0.2) is 42.5 Å². The van der Waals surface area contributed by atoms with Crippen LogP contribution in [0.25, 0.3) is 10.9 Å². The normalized spacial score (nSPS) is 12.9. The monoisotopic (exact) mass is 512 g/mol. The van der Waals surface area contributed by atoms with Crippen LogP contribution in [0.3, 0.4) is 0 Å². The van der Waals surface area contributed by atoms with E-state index < -0.39 is 35.4 Å². The van der Waals surface area contributed by atoms with Gasteiger partial charge in [-0.15, -0.1) is 0 Å². The highest BCUT2D eigenvalue weighted by Crippen LogP contribution is 2.31. The molecule has 1 amide bonds. The van der Waals surface area contributed by atoms with Gasteiger partial charge >= 0.3 is 0 Å². The van der Waals surface area contributed by atoms with E-state index in [1.54, 1.807) is 17.7 Å². The summed E-state index contributed by atoms with van der Waals surface area (Å²) in [5.74, 6) is -3.36. The fourth-order valence-electron chi connectivity index (χ4n) is 4.04. The van der Waals surface area contributed by atoms with E-state index in [1.165, 1.54) is 6.07 Å². The molecule has 0 aliphatic carbocycles. The van der Waals surface area contributed by atoms with Crippen molar-refractivity contribution in [3.63, 3.8) is 0 Å². The van der Waals surface area contributed by atoms with Gasteiger partial charge in [-0.1, -0.05) is 6.07 Å². The first kappa shape index (κ1) is 25.8. The minimum Gasteiger partial charge on any atom is -0.365 e. The summed E-state index contributed by atoms with van der Waals surface area (Å²) in [6.45, 7) is 1.62. The summed E-state index contributed by atoms with van der Waals surface area (Å²) < 4.78 is 44.1. The van der Waals surface area contributed by atoms with E-state index in [4.69, 9.17) is 11.5 Å². The van der Waals surface area contributed by atoms with Crippen molar-refractivity contribution in [1.29, 1.82) is 0 Å². The van der Waals surface area contributed by atoms with E-state index in [9.17, 15) is 13.6 Å². The Morgan fingerprint density at radius 3 is 2.38 bits per heavy atom. The highest BCUT2D eigenvalue weighted by molar-refractivity contribution is 5.99. The van der Waals surface area contributed by atoms with Crippen molar-refractivity contribution in [2.75, 3.05) is 29.6 Å². The molecule has 6 N–H and O–H groups in total. The van der Waals surface area contributed by atoms with Crippen LogP contribution in [0, 0.1) is 17.5 Å². The van der Waals surface area contributed by atoms with Crippen molar-refractivity contribution in [3.8, 4) is 0 Å². The number of anilines is 4. The molecule has 37 heavy (non-hydrogen) atoms. The lowest BCUT2D eigenvalue weighted by Gasteiger charge is -2.24. The highest BCUT2D eigenvalue weighted by Gasteiger charge is 2.23. The topological polar surface area (TPSA) is 127 Å². The minimum absolute atomic E-state index is 0.000227. The van der Waals surface area contributed by atoms with Gasteiger partial charge in [-0.3, -0.25) is 9.48 Å². The Bertz CT molecular complexity index is 1480. The number of fused-ring (bicyclic) bond motifs is 1. The maximum absolute atomic E-state index is 15.0. The van der Waals surface area contributed by atoms with Crippen LogP contribution in [0.5, 0.6) is 0 Å². The maximum Gasteiger partial charge on any atom is 0.252 e. The van der Waals surface area contributed by atoms with Gasteiger partial charge < -0.3 is 27.0 Å². The van der Waals surface area contributed by atoms with Crippen LogP contribution >= 0.6 is 0 Å². The third kappa shape index (κ3) is 5.14. The molecule has 0 aliphatic heterocycles. The second-order valence-corrected chi connectivity index (χ2v) is 8.93. The van der Waals surface area contributed by atoms with Crippen molar-refractivity contribution >= 4 is 40.0 Å². The second-order valence-electron chi connectivity index (χ2n) is 8.93. The molecule has 0 radical (unpaired) electrons. The van der Waals surface area contributed by atoms with Gasteiger partial charge in [-0.2, -0.15) is 5.10 Å². The number of carbonyl (C=O) groups is 1. The van der Waals surface area contributed by atoms with Crippen LogP contribution in [-0.2, 0) is 7.05 Å². The third-order valence-corrected chi connectivity index (χ3v) is 5.88. The number of aryl methyl sites for hydroxylation is 1. The molecule has 194 valence electrons.